The summed E-state index contributed by atoms with van der Waals surface area (Å²) in [5, 5.41) is 3.48. The van der Waals surface area contributed by atoms with Crippen molar-refractivity contribution in [1.82, 2.24) is 0 Å². The summed E-state index contributed by atoms with van der Waals surface area (Å²) >= 11 is 0. The number of ether oxygens (including phenoxy) is 1. The Morgan fingerprint density at radius 3 is 2.72 bits per heavy atom. The van der Waals surface area contributed by atoms with Gasteiger partial charge in [-0.15, -0.1) is 0 Å². The van der Waals surface area contributed by atoms with E-state index in [0.29, 0.717) is 12.2 Å². The second-order valence-electron chi connectivity index (χ2n) is 6.89. The summed E-state index contributed by atoms with van der Waals surface area (Å²) in [5.41, 5.74) is 5.16. The molecular weight excluding hydrogens is 312 g/mol. The predicted octanol–water partition coefficient (Wildman–Crippen LogP) is 4.71. The highest BCUT2D eigenvalue weighted by Gasteiger charge is 2.26. The van der Waals surface area contributed by atoms with Crippen molar-refractivity contribution >= 4 is 23.6 Å². The Hall–Kier alpha value is -2.62. The first kappa shape index (κ1) is 17.2. The van der Waals surface area contributed by atoms with Gasteiger partial charge in [-0.25, -0.2) is 4.79 Å². The molecule has 1 heterocycles. The molecule has 2 aromatic rings. The first-order chi connectivity index (χ1) is 12.0. The SMILES string of the molecule is CCOC(=O)c1ccc(N=Cc2ccc3c(c2)NCCC3(C)C)cc1. The minimum Gasteiger partial charge on any atom is -0.462 e. The number of carbonyl (C=O) groups excluding carboxylic acids is 1. The van der Waals surface area contributed by atoms with Gasteiger partial charge in [0.05, 0.1) is 17.9 Å². The summed E-state index contributed by atoms with van der Waals surface area (Å²) in [6, 6.07) is 13.6. The maximum atomic E-state index is 11.7. The summed E-state index contributed by atoms with van der Waals surface area (Å²) in [4.78, 5) is 16.2. The number of hydrogen-bond acceptors (Lipinski definition) is 4. The Morgan fingerprint density at radius 1 is 1.24 bits per heavy atom. The quantitative estimate of drug-likeness (QED) is 0.650. The maximum absolute atomic E-state index is 11.7. The number of fused-ring (bicyclic) bond motifs is 1. The molecule has 1 N–H and O–H groups in total. The second kappa shape index (κ2) is 7.09. The highest BCUT2D eigenvalue weighted by atomic mass is 16.5. The molecule has 0 amide bonds. The van der Waals surface area contributed by atoms with Crippen LogP contribution in [0.3, 0.4) is 0 Å². The van der Waals surface area contributed by atoms with Crippen molar-refractivity contribution in [1.29, 1.82) is 0 Å². The molecule has 0 fully saturated rings. The van der Waals surface area contributed by atoms with Crippen LogP contribution in [-0.2, 0) is 10.2 Å². The van der Waals surface area contributed by atoms with Gasteiger partial charge in [0.15, 0.2) is 0 Å². The summed E-state index contributed by atoms with van der Waals surface area (Å²) in [7, 11) is 0. The van der Waals surface area contributed by atoms with Crippen LogP contribution >= 0.6 is 0 Å². The van der Waals surface area contributed by atoms with Crippen molar-refractivity contribution in [3.05, 3.63) is 59.2 Å². The third-order valence-corrected chi connectivity index (χ3v) is 4.58. The third-order valence-electron chi connectivity index (χ3n) is 4.58. The fourth-order valence-corrected chi connectivity index (χ4v) is 3.07. The Morgan fingerprint density at radius 2 is 2.00 bits per heavy atom. The van der Waals surface area contributed by atoms with Crippen LogP contribution in [0, 0.1) is 0 Å². The van der Waals surface area contributed by atoms with Crippen molar-refractivity contribution in [3.8, 4) is 0 Å². The Bertz CT molecular complexity index is 792. The molecule has 0 saturated heterocycles. The van der Waals surface area contributed by atoms with E-state index in [-0.39, 0.29) is 11.4 Å². The van der Waals surface area contributed by atoms with E-state index in [1.165, 1.54) is 11.3 Å². The lowest BCUT2D eigenvalue weighted by Gasteiger charge is -2.33. The van der Waals surface area contributed by atoms with Gasteiger partial charge in [-0.1, -0.05) is 26.0 Å². The second-order valence-corrected chi connectivity index (χ2v) is 6.89. The first-order valence-corrected chi connectivity index (χ1v) is 8.69. The van der Waals surface area contributed by atoms with Crippen LogP contribution in [-0.4, -0.2) is 25.3 Å². The number of carbonyl (C=O) groups is 1. The zero-order valence-corrected chi connectivity index (χ0v) is 15.0. The van der Waals surface area contributed by atoms with Crippen LogP contribution in [0.15, 0.2) is 47.5 Å². The van der Waals surface area contributed by atoms with Gasteiger partial charge >= 0.3 is 5.97 Å². The highest BCUT2D eigenvalue weighted by Crippen LogP contribution is 2.36. The van der Waals surface area contributed by atoms with Crippen molar-refractivity contribution in [2.75, 3.05) is 18.5 Å². The van der Waals surface area contributed by atoms with E-state index in [2.05, 4.69) is 42.4 Å². The van der Waals surface area contributed by atoms with Gasteiger partial charge in [-0.05, 0) is 60.2 Å². The maximum Gasteiger partial charge on any atom is 0.338 e. The van der Waals surface area contributed by atoms with Crippen molar-refractivity contribution in [2.45, 2.75) is 32.6 Å². The van der Waals surface area contributed by atoms with Crippen molar-refractivity contribution in [2.24, 2.45) is 4.99 Å². The molecule has 0 aliphatic carbocycles. The van der Waals surface area contributed by atoms with E-state index in [4.69, 9.17) is 4.74 Å². The summed E-state index contributed by atoms with van der Waals surface area (Å²) in [5.74, 6) is -0.304. The molecule has 4 heteroatoms. The van der Waals surface area contributed by atoms with Crippen LogP contribution in [0.5, 0.6) is 0 Å². The smallest absolute Gasteiger partial charge is 0.338 e. The van der Waals surface area contributed by atoms with E-state index in [1.807, 2.05) is 18.3 Å². The molecule has 0 unspecified atom stereocenters. The molecule has 0 radical (unpaired) electrons. The molecule has 0 saturated carbocycles. The molecule has 2 aromatic carbocycles. The number of esters is 1. The fourth-order valence-electron chi connectivity index (χ4n) is 3.07. The average Bonchev–Trinajstić information content (AvgIpc) is 2.60. The van der Waals surface area contributed by atoms with E-state index in [9.17, 15) is 4.79 Å². The van der Waals surface area contributed by atoms with Crippen molar-refractivity contribution in [3.63, 3.8) is 0 Å². The Kier molecular flexibility index (Phi) is 4.88. The van der Waals surface area contributed by atoms with Gasteiger partial charge in [0.25, 0.3) is 0 Å². The number of rotatable bonds is 4. The van der Waals surface area contributed by atoms with Gasteiger partial charge in [-0.3, -0.25) is 4.99 Å². The topological polar surface area (TPSA) is 50.7 Å². The number of anilines is 1. The van der Waals surface area contributed by atoms with Crippen molar-refractivity contribution < 1.29 is 9.53 Å². The molecule has 0 atom stereocenters. The zero-order chi connectivity index (χ0) is 17.9. The van der Waals surface area contributed by atoms with Crippen LogP contribution < -0.4 is 5.32 Å². The number of aliphatic imine (C=N–C) groups is 1. The lowest BCUT2D eigenvalue weighted by molar-refractivity contribution is 0.0526. The molecule has 25 heavy (non-hydrogen) atoms. The van der Waals surface area contributed by atoms with Crippen LogP contribution in [0.2, 0.25) is 0 Å². The summed E-state index contributed by atoms with van der Waals surface area (Å²) < 4.78 is 4.98. The fraction of sp³-hybridized carbons (Fsp3) is 0.333. The Labute approximate surface area is 148 Å². The third kappa shape index (κ3) is 3.90. The molecule has 1 aliphatic heterocycles. The average molecular weight is 336 g/mol. The molecule has 0 bridgehead atoms. The molecule has 130 valence electrons. The minimum absolute atomic E-state index is 0.208. The summed E-state index contributed by atoms with van der Waals surface area (Å²) in [6.45, 7) is 7.74. The molecular formula is C21H24N2O2. The summed E-state index contributed by atoms with van der Waals surface area (Å²) in [6.07, 6.45) is 2.99. The van der Waals surface area contributed by atoms with Crippen LogP contribution in [0.4, 0.5) is 11.4 Å². The van der Waals surface area contributed by atoms with E-state index in [0.717, 1.165) is 24.2 Å². The predicted molar refractivity (Wildman–Crippen MR) is 102 cm³/mol. The first-order valence-electron chi connectivity index (χ1n) is 8.69. The van der Waals surface area contributed by atoms with Crippen LogP contribution in [0.1, 0.15) is 48.7 Å². The molecule has 0 spiro atoms. The van der Waals surface area contributed by atoms with E-state index >= 15 is 0 Å². The Balaban J connectivity index is 1.75. The minimum atomic E-state index is -0.304. The molecule has 0 aromatic heterocycles. The van der Waals surface area contributed by atoms with Crippen LogP contribution in [0.25, 0.3) is 0 Å². The largest absolute Gasteiger partial charge is 0.462 e. The molecule has 3 rings (SSSR count). The van der Waals surface area contributed by atoms with Gasteiger partial charge in [0.1, 0.15) is 0 Å². The molecule has 4 nitrogen and oxygen atoms in total. The van der Waals surface area contributed by atoms with E-state index < -0.39 is 0 Å². The van der Waals surface area contributed by atoms with Gasteiger partial charge in [-0.2, -0.15) is 0 Å². The van der Waals surface area contributed by atoms with Gasteiger partial charge in [0, 0.05) is 18.4 Å². The lowest BCUT2D eigenvalue weighted by atomic mass is 9.78. The number of benzene rings is 2. The standard InChI is InChI=1S/C21H24N2O2/c1-4-25-20(24)16-6-8-17(9-7-16)23-14-15-5-10-18-19(13-15)22-12-11-21(18,2)3/h5-10,13-14,22H,4,11-12H2,1-3H3. The van der Waals surface area contributed by atoms with Gasteiger partial charge in [0.2, 0.25) is 0 Å². The number of hydrogen-bond donors (Lipinski definition) is 1. The molecule has 1 aliphatic rings. The number of nitrogens with one attached hydrogen (secondary N) is 1. The lowest BCUT2D eigenvalue weighted by Crippen LogP contribution is -2.28. The monoisotopic (exact) mass is 336 g/mol. The van der Waals surface area contributed by atoms with E-state index in [1.54, 1.807) is 19.1 Å². The normalized spacial score (nSPS) is 15.5. The zero-order valence-electron chi connectivity index (χ0n) is 15.0. The van der Waals surface area contributed by atoms with Gasteiger partial charge < -0.3 is 10.1 Å². The highest BCUT2D eigenvalue weighted by molar-refractivity contribution is 5.90. The number of nitrogens with zero attached hydrogens (tertiary/aromatic N) is 1.